The molecule has 1 unspecified atom stereocenters. The molecule has 1 nitrogen and oxygen atoms in total. The van der Waals surface area contributed by atoms with Crippen LogP contribution >= 0.6 is 0 Å². The van der Waals surface area contributed by atoms with Gasteiger partial charge in [-0.25, -0.2) is 0 Å². The van der Waals surface area contributed by atoms with Crippen molar-refractivity contribution in [1.82, 2.24) is 0 Å². The lowest BCUT2D eigenvalue weighted by Gasteiger charge is -2.19. The van der Waals surface area contributed by atoms with Crippen molar-refractivity contribution in [2.24, 2.45) is 0 Å². The van der Waals surface area contributed by atoms with Crippen molar-refractivity contribution in [2.75, 3.05) is 5.32 Å². The van der Waals surface area contributed by atoms with Gasteiger partial charge in [0.15, 0.2) is 0 Å². The van der Waals surface area contributed by atoms with Crippen molar-refractivity contribution < 1.29 is 0 Å². The molecule has 0 saturated carbocycles. The van der Waals surface area contributed by atoms with E-state index in [1.165, 1.54) is 16.8 Å². The predicted molar refractivity (Wildman–Crippen MR) is 57.9 cm³/mol. The second-order valence-corrected chi connectivity index (χ2v) is 3.57. The predicted octanol–water partition coefficient (Wildman–Crippen LogP) is 3.08. The molecule has 0 amide bonds. The zero-order valence-electron chi connectivity index (χ0n) is 8.17. The lowest BCUT2D eigenvalue weighted by Crippen LogP contribution is -2.15. The quantitative estimate of drug-likeness (QED) is 0.688. The fourth-order valence-electron chi connectivity index (χ4n) is 1.64. The van der Waals surface area contributed by atoms with E-state index in [0.29, 0.717) is 6.04 Å². The Morgan fingerprint density at radius 1 is 1.38 bits per heavy atom. The van der Waals surface area contributed by atoms with Crippen LogP contribution in [0.1, 0.15) is 25.0 Å². The topological polar surface area (TPSA) is 12.0 Å². The van der Waals surface area contributed by atoms with E-state index >= 15 is 0 Å². The maximum atomic E-state index is 3.42. The molecule has 0 bridgehead atoms. The third kappa shape index (κ3) is 1.59. The molecule has 68 valence electrons. The molecule has 1 aliphatic heterocycles. The van der Waals surface area contributed by atoms with Crippen LogP contribution in [0.2, 0.25) is 0 Å². The Kier molecular flexibility index (Phi) is 2.09. The lowest BCUT2D eigenvalue weighted by atomic mass is 10.0. The Labute approximate surface area is 79.5 Å². The molecule has 0 aliphatic carbocycles. The van der Waals surface area contributed by atoms with Crippen LogP contribution in [0.15, 0.2) is 24.3 Å². The summed E-state index contributed by atoms with van der Waals surface area (Å²) in [5.74, 6) is 0. The van der Waals surface area contributed by atoms with Crippen LogP contribution in [0, 0.1) is 0 Å². The van der Waals surface area contributed by atoms with E-state index in [-0.39, 0.29) is 0 Å². The summed E-state index contributed by atoms with van der Waals surface area (Å²) in [7, 11) is 0. The summed E-state index contributed by atoms with van der Waals surface area (Å²) in [6.45, 7) is 4.34. The lowest BCUT2D eigenvalue weighted by molar-refractivity contribution is 0.990. The van der Waals surface area contributed by atoms with Crippen molar-refractivity contribution in [1.29, 1.82) is 0 Å². The average molecular weight is 173 g/mol. The summed E-state index contributed by atoms with van der Waals surface area (Å²) < 4.78 is 0. The zero-order valence-corrected chi connectivity index (χ0v) is 8.17. The smallest absolute Gasteiger partial charge is 0.0419 e. The van der Waals surface area contributed by atoms with Gasteiger partial charge in [0.25, 0.3) is 0 Å². The molecule has 1 aromatic rings. The van der Waals surface area contributed by atoms with Crippen molar-refractivity contribution in [2.45, 2.75) is 26.3 Å². The molecule has 0 radical (unpaired) electrons. The summed E-state index contributed by atoms with van der Waals surface area (Å²) in [6, 6.07) is 7.08. The highest BCUT2D eigenvalue weighted by Crippen LogP contribution is 2.24. The maximum absolute atomic E-state index is 3.42. The van der Waals surface area contributed by atoms with Crippen molar-refractivity contribution >= 4 is 11.8 Å². The van der Waals surface area contributed by atoms with Crippen molar-refractivity contribution in [3.63, 3.8) is 0 Å². The minimum absolute atomic E-state index is 0.458. The van der Waals surface area contributed by atoms with Crippen LogP contribution in [-0.4, -0.2) is 6.04 Å². The summed E-state index contributed by atoms with van der Waals surface area (Å²) in [6.07, 6.45) is 5.51. The molecular weight excluding hydrogens is 158 g/mol. The highest BCUT2D eigenvalue weighted by Gasteiger charge is 2.07. The third-order valence-corrected chi connectivity index (χ3v) is 2.47. The molecule has 0 fully saturated rings. The number of benzene rings is 1. The largest absolute Gasteiger partial charge is 0.379 e. The molecule has 1 aromatic carbocycles. The van der Waals surface area contributed by atoms with Gasteiger partial charge in [0.05, 0.1) is 0 Å². The zero-order chi connectivity index (χ0) is 9.26. The van der Waals surface area contributed by atoms with Gasteiger partial charge in [-0.05, 0) is 36.6 Å². The van der Waals surface area contributed by atoms with Crippen LogP contribution in [0.5, 0.6) is 0 Å². The number of aryl methyl sites for hydroxylation is 1. The van der Waals surface area contributed by atoms with E-state index < -0.39 is 0 Å². The number of hydrogen-bond acceptors (Lipinski definition) is 1. The van der Waals surface area contributed by atoms with E-state index in [2.05, 4.69) is 49.5 Å². The first-order chi connectivity index (χ1) is 6.29. The van der Waals surface area contributed by atoms with Crippen LogP contribution in [0.25, 0.3) is 6.08 Å². The minimum atomic E-state index is 0.458. The minimum Gasteiger partial charge on any atom is -0.379 e. The molecule has 1 heteroatoms. The average Bonchev–Trinajstić information content (AvgIpc) is 2.17. The molecule has 1 N–H and O–H groups in total. The van der Waals surface area contributed by atoms with E-state index in [9.17, 15) is 0 Å². The van der Waals surface area contributed by atoms with E-state index in [1.807, 2.05) is 0 Å². The summed E-state index contributed by atoms with van der Waals surface area (Å²) in [5.41, 5.74) is 3.98. The summed E-state index contributed by atoms with van der Waals surface area (Å²) >= 11 is 0. The Morgan fingerprint density at radius 2 is 2.23 bits per heavy atom. The second-order valence-electron chi connectivity index (χ2n) is 3.57. The van der Waals surface area contributed by atoms with Crippen LogP contribution in [-0.2, 0) is 6.42 Å². The number of hydrogen-bond donors (Lipinski definition) is 1. The second kappa shape index (κ2) is 3.25. The highest BCUT2D eigenvalue weighted by molar-refractivity contribution is 5.71. The molecule has 0 aromatic heterocycles. The first kappa shape index (κ1) is 8.36. The molecule has 1 aliphatic rings. The fourth-order valence-corrected chi connectivity index (χ4v) is 1.64. The number of rotatable bonds is 1. The fraction of sp³-hybridized carbons (Fsp3) is 0.333. The number of nitrogens with one attached hydrogen (secondary N) is 1. The molecule has 13 heavy (non-hydrogen) atoms. The van der Waals surface area contributed by atoms with Gasteiger partial charge in [-0.2, -0.15) is 0 Å². The van der Waals surface area contributed by atoms with Crippen molar-refractivity contribution in [3.8, 4) is 0 Å². The first-order valence-electron chi connectivity index (χ1n) is 4.87. The van der Waals surface area contributed by atoms with Gasteiger partial charge in [-0.15, -0.1) is 0 Å². The summed E-state index contributed by atoms with van der Waals surface area (Å²) in [5, 5.41) is 3.42. The Balaban J connectivity index is 2.40. The maximum Gasteiger partial charge on any atom is 0.0419 e. The van der Waals surface area contributed by atoms with E-state index in [1.54, 1.807) is 0 Å². The molecule has 1 heterocycles. The Hall–Kier alpha value is -1.24. The van der Waals surface area contributed by atoms with Gasteiger partial charge in [-0.3, -0.25) is 0 Å². The normalized spacial score (nSPS) is 19.4. The first-order valence-corrected chi connectivity index (χ1v) is 4.87. The number of anilines is 1. The SMILES string of the molecule is CCc1ccc2c(c1)C=CC(C)N2. The Morgan fingerprint density at radius 3 is 3.00 bits per heavy atom. The molecule has 0 spiro atoms. The van der Waals surface area contributed by atoms with Crippen LogP contribution < -0.4 is 5.32 Å². The van der Waals surface area contributed by atoms with E-state index in [0.717, 1.165) is 6.42 Å². The van der Waals surface area contributed by atoms with Gasteiger partial charge in [-0.1, -0.05) is 25.1 Å². The third-order valence-electron chi connectivity index (χ3n) is 2.47. The molecule has 0 saturated heterocycles. The van der Waals surface area contributed by atoms with Crippen molar-refractivity contribution in [3.05, 3.63) is 35.4 Å². The highest BCUT2D eigenvalue weighted by atomic mass is 14.9. The van der Waals surface area contributed by atoms with Gasteiger partial charge < -0.3 is 5.32 Å². The van der Waals surface area contributed by atoms with Crippen LogP contribution in [0.3, 0.4) is 0 Å². The van der Waals surface area contributed by atoms with Gasteiger partial charge >= 0.3 is 0 Å². The Bertz CT molecular complexity index is 339. The summed E-state index contributed by atoms with van der Waals surface area (Å²) in [4.78, 5) is 0. The standard InChI is InChI=1S/C12H15N/c1-3-10-5-7-12-11(8-10)6-4-9(2)13-12/h4-9,13H,3H2,1-2H3. The molecule has 2 rings (SSSR count). The molecule has 1 atom stereocenters. The van der Waals surface area contributed by atoms with E-state index in [4.69, 9.17) is 0 Å². The monoisotopic (exact) mass is 173 g/mol. The van der Waals surface area contributed by atoms with Crippen LogP contribution in [0.4, 0.5) is 5.69 Å². The number of fused-ring (bicyclic) bond motifs is 1. The van der Waals surface area contributed by atoms with Gasteiger partial charge in [0, 0.05) is 11.7 Å². The van der Waals surface area contributed by atoms with Gasteiger partial charge in [0.1, 0.15) is 0 Å². The van der Waals surface area contributed by atoms with Gasteiger partial charge in [0.2, 0.25) is 0 Å². The molecular formula is C12H15N.